The zero-order valence-electron chi connectivity index (χ0n) is 12.8. The molecule has 0 spiro atoms. The molecule has 0 amide bonds. The topological polar surface area (TPSA) is 84.4 Å². The van der Waals surface area contributed by atoms with Crippen LogP contribution in [0.15, 0.2) is 26.0 Å². The first-order valence-electron chi connectivity index (χ1n) is 6.88. The van der Waals surface area contributed by atoms with Gasteiger partial charge in [0.1, 0.15) is 0 Å². The van der Waals surface area contributed by atoms with E-state index in [4.69, 9.17) is 4.74 Å². The molecule has 8 heteroatoms. The highest BCUT2D eigenvalue weighted by molar-refractivity contribution is 7.80. The highest BCUT2D eigenvalue weighted by Crippen LogP contribution is 2.30. The fraction of sp³-hybridized carbons (Fsp3) is 0.200. The molecule has 0 fully saturated rings. The predicted molar refractivity (Wildman–Crippen MR) is 94.7 cm³/mol. The zero-order chi connectivity index (χ0) is 16.7. The molecule has 0 saturated heterocycles. The second kappa shape index (κ2) is 5.70. The quantitative estimate of drug-likeness (QED) is 0.514. The molecule has 1 N–H and O–H groups in total. The number of H-pyrrole nitrogens is 1. The number of fused-ring (bicyclic) bond motifs is 3. The average Bonchev–Trinajstić information content (AvgIpc) is 2.92. The number of hydrogen-bond donors (Lipinski definition) is 2. The van der Waals surface area contributed by atoms with Crippen molar-refractivity contribution in [2.24, 2.45) is 5.18 Å². The first kappa shape index (κ1) is 15.5. The number of aromatic nitrogens is 2. The van der Waals surface area contributed by atoms with Crippen molar-refractivity contribution in [3.8, 4) is 5.88 Å². The summed E-state index contributed by atoms with van der Waals surface area (Å²) < 4.78 is 5.02. The molecule has 0 saturated carbocycles. The minimum Gasteiger partial charge on any atom is -0.477 e. The summed E-state index contributed by atoms with van der Waals surface area (Å²) in [5.74, 6) is -0.00951. The number of nitrogens with one attached hydrogen (secondary N) is 1. The molecule has 1 aliphatic rings. The van der Waals surface area contributed by atoms with Crippen LogP contribution < -0.4 is 15.8 Å². The Hall–Kier alpha value is -2.35. The van der Waals surface area contributed by atoms with E-state index in [-0.39, 0.29) is 11.6 Å². The number of thiol groups is 1. The molecule has 2 aromatic rings. The van der Waals surface area contributed by atoms with Gasteiger partial charge in [-0.2, -0.15) is 0 Å². The van der Waals surface area contributed by atoms with Crippen LogP contribution in [0.4, 0.5) is 0 Å². The molecule has 1 aromatic heterocycles. The molecule has 2 heterocycles. The second-order valence-electron chi connectivity index (χ2n) is 5.30. The Morgan fingerprint density at radius 2 is 2.26 bits per heavy atom. The van der Waals surface area contributed by atoms with Crippen molar-refractivity contribution in [2.45, 2.75) is 18.7 Å². The Morgan fingerprint density at radius 1 is 1.52 bits per heavy atom. The molecular weight excluding hydrogens is 313 g/mol. The molecule has 0 bridgehead atoms. The largest absolute Gasteiger partial charge is 0.477 e. The molecule has 0 unspecified atom stereocenters. The summed E-state index contributed by atoms with van der Waals surface area (Å²) in [6.07, 6.45) is 3.56. The number of aromatic amines is 1. The Kier molecular flexibility index (Phi) is 3.85. The van der Waals surface area contributed by atoms with E-state index in [9.17, 15) is 9.70 Å². The van der Waals surface area contributed by atoms with Gasteiger partial charge in [-0.1, -0.05) is 18.5 Å². The zero-order valence-corrected chi connectivity index (χ0v) is 13.7. The van der Waals surface area contributed by atoms with E-state index < -0.39 is 5.56 Å². The van der Waals surface area contributed by atoms with Crippen LogP contribution in [0.25, 0.3) is 23.2 Å². The Labute approximate surface area is 138 Å². The maximum Gasteiger partial charge on any atom is 0.311 e. The minimum absolute atomic E-state index is 0.00951. The maximum atomic E-state index is 12.1. The molecule has 0 aliphatic carbocycles. The molecule has 6 nitrogen and oxygen atoms in total. The second-order valence-corrected chi connectivity index (χ2v) is 5.75. The molecule has 1 aliphatic heterocycles. The van der Waals surface area contributed by atoms with Crippen LogP contribution in [0.2, 0.25) is 0 Å². The Balaban J connectivity index is 2.49. The number of allylic oxidation sites excluding steroid dienone is 2. The third-order valence-electron chi connectivity index (χ3n) is 3.64. The fourth-order valence-corrected chi connectivity index (χ4v) is 3.01. The molecule has 1 aromatic carbocycles. The summed E-state index contributed by atoms with van der Waals surface area (Å²) >= 11 is 4.58. The summed E-state index contributed by atoms with van der Waals surface area (Å²) in [5, 5.41) is 2.91. The van der Waals surface area contributed by atoms with Crippen molar-refractivity contribution >= 4 is 48.6 Å². The standard InChI is InChI=1S/C15H13BN3O3S/c1-6-4-8-10(16-6)13(23)9(5-7(2)19-21)12-11(8)18-15(22-3)14(20)17-12/h4-5,23H,1-3H3,(H,17,20)/b7-5+. The van der Waals surface area contributed by atoms with Gasteiger partial charge in [0.2, 0.25) is 0 Å². The number of rotatable bonds is 3. The summed E-state index contributed by atoms with van der Waals surface area (Å²) in [4.78, 5) is 30.6. The smallest absolute Gasteiger partial charge is 0.311 e. The van der Waals surface area contributed by atoms with E-state index in [0.717, 1.165) is 16.5 Å². The average molecular weight is 326 g/mol. The number of nitroso groups, excluding NO2 is 1. The van der Waals surface area contributed by atoms with Crippen LogP contribution >= 0.6 is 12.6 Å². The van der Waals surface area contributed by atoms with E-state index in [1.807, 2.05) is 20.3 Å². The van der Waals surface area contributed by atoms with Crippen LogP contribution in [0.1, 0.15) is 25.0 Å². The van der Waals surface area contributed by atoms with Gasteiger partial charge >= 0.3 is 5.56 Å². The summed E-state index contributed by atoms with van der Waals surface area (Å²) in [7, 11) is 3.38. The summed E-state index contributed by atoms with van der Waals surface area (Å²) in [6.45, 7) is 3.55. The highest BCUT2D eigenvalue weighted by atomic mass is 32.1. The van der Waals surface area contributed by atoms with Gasteiger partial charge in [0.15, 0.2) is 7.28 Å². The van der Waals surface area contributed by atoms with E-state index >= 15 is 0 Å². The van der Waals surface area contributed by atoms with E-state index in [0.29, 0.717) is 21.5 Å². The van der Waals surface area contributed by atoms with Crippen LogP contribution in [-0.2, 0) is 0 Å². The summed E-state index contributed by atoms with van der Waals surface area (Å²) in [5.41, 5.74) is 4.34. The first-order chi connectivity index (χ1) is 11.0. The van der Waals surface area contributed by atoms with E-state index in [1.165, 1.54) is 7.11 Å². The van der Waals surface area contributed by atoms with Gasteiger partial charge in [0.25, 0.3) is 5.88 Å². The Bertz CT molecular complexity index is 963. The number of nitrogens with zero attached hydrogens (tertiary/aromatic N) is 2. The van der Waals surface area contributed by atoms with Crippen molar-refractivity contribution < 1.29 is 4.74 Å². The van der Waals surface area contributed by atoms with Gasteiger partial charge in [0, 0.05) is 10.5 Å². The van der Waals surface area contributed by atoms with Crippen molar-refractivity contribution in [1.29, 1.82) is 0 Å². The van der Waals surface area contributed by atoms with Crippen LogP contribution in [0.3, 0.4) is 0 Å². The fourth-order valence-electron chi connectivity index (χ4n) is 2.65. The van der Waals surface area contributed by atoms with Gasteiger partial charge in [-0.15, -0.1) is 23.0 Å². The molecule has 23 heavy (non-hydrogen) atoms. The van der Waals surface area contributed by atoms with Gasteiger partial charge in [-0.25, -0.2) is 4.98 Å². The summed E-state index contributed by atoms with van der Waals surface area (Å²) in [6, 6.07) is 0. The normalized spacial score (nSPS) is 13.6. The number of benzene rings is 1. The van der Waals surface area contributed by atoms with Crippen LogP contribution in [0.5, 0.6) is 5.88 Å². The van der Waals surface area contributed by atoms with Crippen molar-refractivity contribution in [2.75, 3.05) is 7.11 Å². The predicted octanol–water partition coefficient (Wildman–Crippen LogP) is 2.05. The van der Waals surface area contributed by atoms with Crippen molar-refractivity contribution in [1.82, 2.24) is 9.97 Å². The van der Waals surface area contributed by atoms with Gasteiger partial charge in [0.05, 0.1) is 23.8 Å². The number of methoxy groups -OCH3 is 1. The molecule has 3 rings (SSSR count). The lowest BCUT2D eigenvalue weighted by molar-refractivity contribution is 0.393. The van der Waals surface area contributed by atoms with E-state index in [1.54, 1.807) is 13.0 Å². The van der Waals surface area contributed by atoms with Gasteiger partial charge in [-0.3, -0.25) is 4.79 Å². The minimum atomic E-state index is -0.443. The van der Waals surface area contributed by atoms with Crippen molar-refractivity contribution in [3.63, 3.8) is 0 Å². The molecular formula is C15H13BN3O3S. The number of hydrogen-bond acceptors (Lipinski definition) is 6. The van der Waals surface area contributed by atoms with E-state index in [2.05, 4.69) is 27.8 Å². The van der Waals surface area contributed by atoms with Crippen LogP contribution in [-0.4, -0.2) is 24.4 Å². The molecule has 1 radical (unpaired) electrons. The monoisotopic (exact) mass is 326 g/mol. The lowest BCUT2D eigenvalue weighted by Gasteiger charge is -2.13. The SMILES string of the molecule is COc1nc2c3c(c(S)c(/C=C(\C)N=O)c2[nH]c1=O)[B]C(C)=C3. The third-order valence-corrected chi connectivity index (χ3v) is 4.12. The highest BCUT2D eigenvalue weighted by Gasteiger charge is 2.23. The number of ether oxygens (including phenoxy) is 1. The molecule has 0 atom stereocenters. The van der Waals surface area contributed by atoms with Gasteiger partial charge < -0.3 is 9.72 Å². The third kappa shape index (κ3) is 2.48. The lowest BCUT2D eigenvalue weighted by atomic mass is 9.67. The van der Waals surface area contributed by atoms with Crippen LogP contribution in [0, 0.1) is 4.91 Å². The lowest BCUT2D eigenvalue weighted by Crippen LogP contribution is -2.20. The van der Waals surface area contributed by atoms with Crippen molar-refractivity contribution in [3.05, 3.63) is 37.6 Å². The van der Waals surface area contributed by atoms with Gasteiger partial charge in [-0.05, 0) is 23.7 Å². The maximum absolute atomic E-state index is 12.1. The first-order valence-corrected chi connectivity index (χ1v) is 7.32. The molecule has 115 valence electrons. The Morgan fingerprint density at radius 3 is 2.91 bits per heavy atom.